The maximum Gasteiger partial charge on any atom is 0.252 e. The summed E-state index contributed by atoms with van der Waals surface area (Å²) in [6.07, 6.45) is 9.54. The molecule has 5 heterocycles. The summed E-state index contributed by atoms with van der Waals surface area (Å²) in [7, 11) is 0. The monoisotopic (exact) mass is 1000 g/mol. The van der Waals surface area contributed by atoms with Gasteiger partial charge in [0.1, 0.15) is 11.1 Å². The van der Waals surface area contributed by atoms with E-state index in [1.807, 2.05) is 0 Å². The molecule has 0 amide bonds. The molecule has 2 unspecified atom stereocenters. The van der Waals surface area contributed by atoms with E-state index in [2.05, 4.69) is 223 Å². The van der Waals surface area contributed by atoms with Crippen LogP contribution in [0.3, 0.4) is 0 Å². The lowest BCUT2D eigenvalue weighted by Gasteiger charge is -2.52. The SMILES string of the molecule is Cc1cc2c(cc1N(c1cc3c4c(c1)-n1c5c(cc(C(C)(C)C)cc5c5oc6ccccc6c51)B4c1cc(C(C)(C)C)cc4c1N3C1(C)CCCCC41C)c1ccc3c(c1)C(C)(C)CCC3(C)C)C(C)(C)CCC2(C)C. The van der Waals surface area contributed by atoms with E-state index in [1.165, 1.54) is 156 Å². The second kappa shape index (κ2) is 14.9. The maximum atomic E-state index is 7.18. The highest BCUT2D eigenvalue weighted by Crippen LogP contribution is 2.63. The molecule has 14 rings (SSSR count). The van der Waals surface area contributed by atoms with Crippen LogP contribution in [0.2, 0.25) is 0 Å². The summed E-state index contributed by atoms with van der Waals surface area (Å²) in [5, 5.41) is 2.39. The van der Waals surface area contributed by atoms with Crippen LogP contribution in [-0.2, 0) is 37.9 Å². The molecule has 390 valence electrons. The molecule has 1 saturated carbocycles. The predicted molar refractivity (Wildman–Crippen MR) is 325 cm³/mol. The van der Waals surface area contributed by atoms with Crippen LogP contribution >= 0.6 is 0 Å². The van der Waals surface area contributed by atoms with Gasteiger partial charge in [-0.15, -0.1) is 0 Å². The van der Waals surface area contributed by atoms with Gasteiger partial charge in [-0.3, -0.25) is 0 Å². The summed E-state index contributed by atoms with van der Waals surface area (Å²) in [5.41, 5.74) is 28.3. The highest BCUT2D eigenvalue weighted by atomic mass is 16.3. The molecule has 0 saturated heterocycles. The van der Waals surface area contributed by atoms with Gasteiger partial charge in [-0.2, -0.15) is 0 Å². The topological polar surface area (TPSA) is 24.6 Å². The van der Waals surface area contributed by atoms with E-state index < -0.39 is 0 Å². The molecule has 3 aliphatic heterocycles. The number of para-hydroxylation sites is 1. The lowest BCUT2D eigenvalue weighted by molar-refractivity contribution is 0.195. The van der Waals surface area contributed by atoms with Crippen LogP contribution in [0, 0.1) is 6.92 Å². The van der Waals surface area contributed by atoms with Crippen molar-refractivity contribution in [1.29, 1.82) is 0 Å². The highest BCUT2D eigenvalue weighted by Gasteiger charge is 2.62. The molecule has 4 nitrogen and oxygen atoms in total. The number of furan rings is 1. The first-order chi connectivity index (χ1) is 35.6. The van der Waals surface area contributed by atoms with Gasteiger partial charge in [0.25, 0.3) is 6.71 Å². The molecule has 5 heteroatoms. The third-order valence-electron chi connectivity index (χ3n) is 21.6. The first-order valence-electron chi connectivity index (χ1n) is 29.3. The van der Waals surface area contributed by atoms with E-state index in [0.29, 0.717) is 0 Å². The molecule has 0 radical (unpaired) electrons. The van der Waals surface area contributed by atoms with E-state index in [1.54, 1.807) is 5.56 Å². The molecule has 0 spiro atoms. The summed E-state index contributed by atoms with van der Waals surface area (Å²) in [6, 6.07) is 37.4. The Morgan fingerprint density at radius 3 is 1.80 bits per heavy atom. The van der Waals surface area contributed by atoms with Crippen molar-refractivity contribution in [2.45, 2.75) is 213 Å². The standard InChI is InChI=1S/C71H82BN3O/c1-41-32-49-51(69(14,15)31-30-67(49,10)11)40-55(41)73(44-24-25-48-50(37-44)68(12,13)29-28-66(48,8)9)45-38-56-59-57(39-45)75-62-52(70(16)26-20-21-27-71(70,75)17)34-43(65(5,6)7)36-54(62)72(59)53-35-42(64(2,3)4)33-47-60(53)74(56)61-46-22-18-19-23-58(46)76-63(47)61/h18-19,22-25,32-40H,20-21,26-31H2,1-17H3. The van der Waals surface area contributed by atoms with Gasteiger partial charge >= 0.3 is 0 Å². The molecule has 6 aromatic carbocycles. The molecule has 0 bridgehead atoms. The largest absolute Gasteiger partial charge is 0.454 e. The molecule has 1 fully saturated rings. The number of anilines is 5. The van der Waals surface area contributed by atoms with Gasteiger partial charge in [0, 0.05) is 44.6 Å². The van der Waals surface area contributed by atoms with Crippen LogP contribution in [0.25, 0.3) is 38.7 Å². The first-order valence-corrected chi connectivity index (χ1v) is 29.3. The minimum absolute atomic E-state index is 0.0232. The fourth-order valence-electron chi connectivity index (χ4n) is 16.4. The average Bonchev–Trinajstić information content (AvgIpc) is 4.17. The van der Waals surface area contributed by atoms with Crippen molar-refractivity contribution >= 4 is 84.5 Å². The minimum Gasteiger partial charge on any atom is -0.454 e. The van der Waals surface area contributed by atoms with Crippen molar-refractivity contribution in [2.75, 3.05) is 9.80 Å². The van der Waals surface area contributed by atoms with Gasteiger partial charge in [-0.1, -0.05) is 159 Å². The van der Waals surface area contributed by atoms with Crippen molar-refractivity contribution in [2.24, 2.45) is 0 Å². The van der Waals surface area contributed by atoms with Crippen LogP contribution in [0.5, 0.6) is 0 Å². The lowest BCUT2D eigenvalue weighted by Crippen LogP contribution is -2.64. The number of hydrogen-bond acceptors (Lipinski definition) is 3. The Labute approximate surface area is 454 Å². The van der Waals surface area contributed by atoms with E-state index in [0.717, 1.165) is 17.6 Å². The predicted octanol–water partition coefficient (Wildman–Crippen LogP) is 17.5. The summed E-state index contributed by atoms with van der Waals surface area (Å²) < 4.78 is 9.87. The van der Waals surface area contributed by atoms with Crippen LogP contribution in [0.1, 0.15) is 207 Å². The van der Waals surface area contributed by atoms with Crippen molar-refractivity contribution in [3.05, 3.63) is 136 Å². The summed E-state index contributed by atoms with van der Waals surface area (Å²) >= 11 is 0. The molecule has 2 aromatic heterocycles. The van der Waals surface area contributed by atoms with Crippen molar-refractivity contribution in [3.8, 4) is 5.69 Å². The van der Waals surface area contributed by atoms with Gasteiger partial charge < -0.3 is 18.8 Å². The van der Waals surface area contributed by atoms with E-state index in [9.17, 15) is 0 Å². The lowest BCUT2D eigenvalue weighted by atomic mass is 9.33. The van der Waals surface area contributed by atoms with Gasteiger partial charge in [-0.25, -0.2) is 0 Å². The fraction of sp³-hybridized carbons (Fsp3) is 0.465. The third-order valence-corrected chi connectivity index (χ3v) is 21.6. The van der Waals surface area contributed by atoms with Crippen LogP contribution < -0.4 is 26.2 Å². The Morgan fingerprint density at radius 1 is 0.526 bits per heavy atom. The summed E-state index contributed by atoms with van der Waals surface area (Å²) in [5.74, 6) is 0. The Balaban J connectivity index is 1.17. The Hall–Kier alpha value is -5.68. The second-order valence-corrected chi connectivity index (χ2v) is 30.3. The Kier molecular flexibility index (Phi) is 9.55. The van der Waals surface area contributed by atoms with Gasteiger partial charge in [0.05, 0.1) is 16.7 Å². The Bertz CT molecular complexity index is 3880. The summed E-state index contributed by atoms with van der Waals surface area (Å²) in [4.78, 5) is 5.67. The summed E-state index contributed by atoms with van der Waals surface area (Å²) in [6.45, 7) is 42.0. The minimum atomic E-state index is -0.142. The van der Waals surface area contributed by atoms with Crippen molar-refractivity contribution in [1.82, 2.24) is 4.57 Å². The zero-order valence-electron chi connectivity index (χ0n) is 49.1. The molecule has 2 atom stereocenters. The zero-order chi connectivity index (χ0) is 53.6. The molecule has 76 heavy (non-hydrogen) atoms. The Morgan fingerprint density at radius 2 is 1.12 bits per heavy atom. The van der Waals surface area contributed by atoms with E-state index in [4.69, 9.17) is 4.42 Å². The van der Waals surface area contributed by atoms with Gasteiger partial charge in [0.15, 0.2) is 5.58 Å². The van der Waals surface area contributed by atoms with Crippen LogP contribution in [0.15, 0.2) is 95.4 Å². The number of fused-ring (bicyclic) bond motifs is 14. The smallest absolute Gasteiger partial charge is 0.252 e. The highest BCUT2D eigenvalue weighted by molar-refractivity contribution is 7.00. The first kappa shape index (κ1) is 48.7. The number of aryl methyl sites for hydroxylation is 1. The molecular formula is C71H82BN3O. The average molecular weight is 1000 g/mol. The molecule has 3 aliphatic carbocycles. The van der Waals surface area contributed by atoms with Crippen LogP contribution in [-0.4, -0.2) is 16.8 Å². The van der Waals surface area contributed by atoms with Gasteiger partial charge in [-0.05, 0) is 194 Å². The van der Waals surface area contributed by atoms with Crippen molar-refractivity contribution in [3.63, 3.8) is 0 Å². The molecule has 6 aliphatic rings. The van der Waals surface area contributed by atoms with Gasteiger partial charge in [0.2, 0.25) is 0 Å². The number of benzene rings is 6. The molecule has 8 aromatic rings. The molecule has 0 N–H and O–H groups in total. The second-order valence-electron chi connectivity index (χ2n) is 30.3. The molecular weight excluding hydrogens is 922 g/mol. The number of rotatable bonds is 3. The third kappa shape index (κ3) is 6.27. The quantitative estimate of drug-likeness (QED) is 0.165. The van der Waals surface area contributed by atoms with E-state index >= 15 is 0 Å². The number of hydrogen-bond donors (Lipinski definition) is 0. The number of nitrogens with zero attached hydrogens (tertiary/aromatic N) is 3. The normalized spacial score (nSPS) is 23.1. The maximum absolute atomic E-state index is 7.18. The number of aromatic nitrogens is 1. The zero-order valence-corrected chi connectivity index (χ0v) is 49.1. The van der Waals surface area contributed by atoms with E-state index in [-0.39, 0.29) is 50.2 Å². The van der Waals surface area contributed by atoms with Crippen LogP contribution in [0.4, 0.5) is 28.4 Å². The fourth-order valence-corrected chi connectivity index (χ4v) is 16.4. The van der Waals surface area contributed by atoms with Crippen molar-refractivity contribution < 1.29 is 4.42 Å².